The zero-order valence-corrected chi connectivity index (χ0v) is 46.5. The lowest BCUT2D eigenvalue weighted by Crippen LogP contribution is -2.30. The van der Waals surface area contributed by atoms with Crippen molar-refractivity contribution in [2.45, 2.75) is 316 Å². The molecular formula is C64H114O6. The first-order valence-electron chi connectivity index (χ1n) is 30.3. The maximum Gasteiger partial charge on any atom is 0.306 e. The molecule has 0 bridgehead atoms. The van der Waals surface area contributed by atoms with Gasteiger partial charge in [-0.25, -0.2) is 0 Å². The number of hydrogen-bond acceptors (Lipinski definition) is 6. The largest absolute Gasteiger partial charge is 0.462 e. The molecule has 0 rings (SSSR count). The van der Waals surface area contributed by atoms with Crippen LogP contribution < -0.4 is 0 Å². The summed E-state index contributed by atoms with van der Waals surface area (Å²) in [5, 5.41) is 0. The molecule has 0 spiro atoms. The molecule has 0 N–H and O–H groups in total. The summed E-state index contributed by atoms with van der Waals surface area (Å²) in [6.07, 6.45) is 73.8. The molecule has 1 unspecified atom stereocenters. The van der Waals surface area contributed by atoms with Crippen molar-refractivity contribution in [2.75, 3.05) is 13.2 Å². The third-order valence-electron chi connectivity index (χ3n) is 13.3. The summed E-state index contributed by atoms with van der Waals surface area (Å²) in [6.45, 7) is 6.52. The summed E-state index contributed by atoms with van der Waals surface area (Å²) in [4.78, 5) is 38.1. The van der Waals surface area contributed by atoms with Gasteiger partial charge in [0.15, 0.2) is 6.10 Å². The molecule has 70 heavy (non-hydrogen) atoms. The Labute approximate surface area is 434 Å². The van der Waals surface area contributed by atoms with E-state index in [9.17, 15) is 14.4 Å². The van der Waals surface area contributed by atoms with Crippen molar-refractivity contribution in [1.82, 2.24) is 0 Å². The van der Waals surface area contributed by atoms with Crippen LogP contribution in [-0.2, 0) is 28.6 Å². The average Bonchev–Trinajstić information content (AvgIpc) is 3.36. The van der Waals surface area contributed by atoms with Gasteiger partial charge in [0.1, 0.15) is 13.2 Å². The standard InChI is InChI=1S/C64H114O6/c1-4-7-10-13-16-19-21-23-25-27-29-30-31-32-33-34-36-37-39-41-43-45-48-51-54-57-63(66)69-60-61(59-68-62(65)56-53-50-47-18-15-12-9-6-3)70-64(67)58-55-52-49-46-44-42-40-38-35-28-26-24-22-20-17-14-11-8-5-2/h8,11,17,20,24,26-27,29,35,38,61H,4-7,9-10,12-16,18-19,21-23,25,28,30-34,36-37,39-60H2,1-3H3/b11-8-,20-17-,26-24-,29-27-,38-35-. The highest BCUT2D eigenvalue weighted by Crippen LogP contribution is 2.16. The fourth-order valence-corrected chi connectivity index (χ4v) is 8.72. The van der Waals surface area contributed by atoms with E-state index in [0.717, 1.165) is 96.3 Å². The van der Waals surface area contributed by atoms with Crippen molar-refractivity contribution in [3.05, 3.63) is 60.8 Å². The summed E-state index contributed by atoms with van der Waals surface area (Å²) >= 11 is 0. The molecule has 0 saturated heterocycles. The van der Waals surface area contributed by atoms with E-state index in [-0.39, 0.29) is 31.1 Å². The van der Waals surface area contributed by atoms with E-state index in [1.54, 1.807) is 0 Å². The normalized spacial score (nSPS) is 12.4. The molecule has 0 aliphatic carbocycles. The van der Waals surface area contributed by atoms with Crippen molar-refractivity contribution in [3.8, 4) is 0 Å². The Kier molecular flexibility index (Phi) is 56.3. The number of carbonyl (C=O) groups is 3. The van der Waals surface area contributed by atoms with Gasteiger partial charge in [-0.2, -0.15) is 0 Å². The van der Waals surface area contributed by atoms with E-state index in [0.29, 0.717) is 19.3 Å². The van der Waals surface area contributed by atoms with E-state index in [1.165, 1.54) is 173 Å². The Morgan fingerprint density at radius 3 is 0.886 bits per heavy atom. The Morgan fingerprint density at radius 2 is 0.557 bits per heavy atom. The van der Waals surface area contributed by atoms with Crippen molar-refractivity contribution in [3.63, 3.8) is 0 Å². The minimum absolute atomic E-state index is 0.0777. The van der Waals surface area contributed by atoms with Gasteiger partial charge >= 0.3 is 17.9 Å². The van der Waals surface area contributed by atoms with Gasteiger partial charge in [0, 0.05) is 19.3 Å². The summed E-state index contributed by atoms with van der Waals surface area (Å²) in [6, 6.07) is 0. The quantitative estimate of drug-likeness (QED) is 0.0261. The number of hydrogen-bond donors (Lipinski definition) is 0. The van der Waals surface area contributed by atoms with Crippen LogP contribution in [0.15, 0.2) is 60.8 Å². The van der Waals surface area contributed by atoms with Gasteiger partial charge in [-0.3, -0.25) is 14.4 Å². The lowest BCUT2D eigenvalue weighted by atomic mass is 10.0. The third kappa shape index (κ3) is 56.0. The second kappa shape index (κ2) is 58.7. The molecule has 0 heterocycles. The predicted octanol–water partition coefficient (Wildman–Crippen LogP) is 20.4. The molecular weight excluding hydrogens is 865 g/mol. The first-order valence-corrected chi connectivity index (χ1v) is 30.3. The molecule has 0 aromatic rings. The van der Waals surface area contributed by atoms with Crippen LogP contribution in [0, 0.1) is 0 Å². The fraction of sp³-hybridized carbons (Fsp3) is 0.797. The molecule has 0 aromatic heterocycles. The van der Waals surface area contributed by atoms with E-state index < -0.39 is 6.10 Å². The van der Waals surface area contributed by atoms with E-state index in [4.69, 9.17) is 14.2 Å². The second-order valence-corrected chi connectivity index (χ2v) is 20.2. The van der Waals surface area contributed by atoms with Gasteiger partial charge < -0.3 is 14.2 Å². The Hall–Kier alpha value is -2.89. The highest BCUT2D eigenvalue weighted by Gasteiger charge is 2.19. The molecule has 0 aliphatic heterocycles. The molecule has 1 atom stereocenters. The van der Waals surface area contributed by atoms with Crippen LogP contribution in [0.1, 0.15) is 310 Å². The number of ether oxygens (including phenoxy) is 3. The topological polar surface area (TPSA) is 78.9 Å². The van der Waals surface area contributed by atoms with Crippen molar-refractivity contribution >= 4 is 17.9 Å². The van der Waals surface area contributed by atoms with Crippen LogP contribution in [0.4, 0.5) is 0 Å². The van der Waals surface area contributed by atoms with Gasteiger partial charge in [-0.05, 0) is 83.5 Å². The SMILES string of the molecule is CC/C=C\C/C=C\C/C=C\C/C=C\CCCCCCCCC(=O)OC(COC(=O)CCCCCCCCCC)COC(=O)CCCCCCCCCCCCCCC/C=C\CCCCCCCCCC. The highest BCUT2D eigenvalue weighted by molar-refractivity contribution is 5.71. The van der Waals surface area contributed by atoms with Crippen LogP contribution in [0.25, 0.3) is 0 Å². The van der Waals surface area contributed by atoms with Gasteiger partial charge in [0.25, 0.3) is 0 Å². The van der Waals surface area contributed by atoms with E-state index >= 15 is 0 Å². The molecule has 0 fully saturated rings. The minimum Gasteiger partial charge on any atom is -0.462 e. The Morgan fingerprint density at radius 1 is 0.300 bits per heavy atom. The van der Waals surface area contributed by atoms with Gasteiger partial charge in [0.2, 0.25) is 0 Å². The van der Waals surface area contributed by atoms with Crippen LogP contribution in [0.3, 0.4) is 0 Å². The average molecular weight is 980 g/mol. The van der Waals surface area contributed by atoms with Crippen molar-refractivity contribution in [1.29, 1.82) is 0 Å². The smallest absolute Gasteiger partial charge is 0.306 e. The molecule has 6 nitrogen and oxygen atoms in total. The number of esters is 3. The van der Waals surface area contributed by atoms with E-state index in [1.807, 2.05) is 0 Å². The monoisotopic (exact) mass is 979 g/mol. The fourth-order valence-electron chi connectivity index (χ4n) is 8.72. The molecule has 406 valence electrons. The van der Waals surface area contributed by atoms with Crippen LogP contribution in [0.5, 0.6) is 0 Å². The Bertz CT molecular complexity index is 1260. The van der Waals surface area contributed by atoms with Gasteiger partial charge in [-0.15, -0.1) is 0 Å². The first kappa shape index (κ1) is 67.1. The molecule has 0 aromatic carbocycles. The van der Waals surface area contributed by atoms with Crippen LogP contribution >= 0.6 is 0 Å². The summed E-state index contributed by atoms with van der Waals surface area (Å²) in [7, 11) is 0. The molecule has 6 heteroatoms. The van der Waals surface area contributed by atoms with Crippen LogP contribution in [0.2, 0.25) is 0 Å². The van der Waals surface area contributed by atoms with Crippen molar-refractivity contribution < 1.29 is 28.6 Å². The third-order valence-corrected chi connectivity index (χ3v) is 13.3. The zero-order chi connectivity index (χ0) is 50.7. The second-order valence-electron chi connectivity index (χ2n) is 20.2. The van der Waals surface area contributed by atoms with E-state index in [2.05, 4.69) is 81.5 Å². The number of unbranched alkanes of at least 4 members (excludes halogenated alkanes) is 34. The van der Waals surface area contributed by atoms with Crippen molar-refractivity contribution in [2.24, 2.45) is 0 Å². The number of carbonyl (C=O) groups excluding carboxylic acids is 3. The highest BCUT2D eigenvalue weighted by atomic mass is 16.6. The zero-order valence-electron chi connectivity index (χ0n) is 46.5. The molecule has 0 amide bonds. The molecule has 0 saturated carbocycles. The lowest BCUT2D eigenvalue weighted by Gasteiger charge is -2.18. The Balaban J connectivity index is 4.18. The summed E-state index contributed by atoms with van der Waals surface area (Å²) < 4.78 is 16.8. The maximum atomic E-state index is 12.8. The molecule has 0 radical (unpaired) electrons. The first-order chi connectivity index (χ1) is 34.5. The van der Waals surface area contributed by atoms with Crippen LogP contribution in [-0.4, -0.2) is 37.2 Å². The minimum atomic E-state index is -0.779. The van der Waals surface area contributed by atoms with Gasteiger partial charge in [0.05, 0.1) is 0 Å². The lowest BCUT2D eigenvalue weighted by molar-refractivity contribution is -0.167. The predicted molar refractivity (Wildman–Crippen MR) is 302 cm³/mol. The number of rotatable bonds is 55. The van der Waals surface area contributed by atoms with Gasteiger partial charge in [-0.1, -0.05) is 268 Å². The maximum absolute atomic E-state index is 12.8. The molecule has 0 aliphatic rings. The summed E-state index contributed by atoms with van der Waals surface area (Å²) in [5.41, 5.74) is 0. The summed E-state index contributed by atoms with van der Waals surface area (Å²) in [5.74, 6) is -0.884. The number of allylic oxidation sites excluding steroid dienone is 10.